The fraction of sp³-hybridized carbons (Fsp3) is 0. The van der Waals surface area contributed by atoms with Crippen molar-refractivity contribution in [2.24, 2.45) is 0 Å². The number of carbonyl (C=O) groups is 1. The van der Waals surface area contributed by atoms with E-state index in [2.05, 4.69) is 0 Å². The minimum absolute atomic E-state index is 0.0523. The molecular formula is C13H9F3N2O2. The second kappa shape index (κ2) is 5.12. The summed E-state index contributed by atoms with van der Waals surface area (Å²) >= 11 is 0. The number of para-hydroxylation sites is 1. The summed E-state index contributed by atoms with van der Waals surface area (Å²) in [5, 5.41) is 11.6. The molecule has 0 heterocycles. The maximum atomic E-state index is 13.4. The van der Waals surface area contributed by atoms with Crippen LogP contribution in [0.1, 0.15) is 10.4 Å². The molecular weight excluding hydrogens is 273 g/mol. The normalized spacial score (nSPS) is 10.3. The summed E-state index contributed by atoms with van der Waals surface area (Å²) in [6, 6.07) is 4.96. The lowest BCUT2D eigenvalue weighted by molar-refractivity contribution is 0.102. The Morgan fingerprint density at radius 3 is 2.60 bits per heavy atom. The van der Waals surface area contributed by atoms with E-state index in [0.717, 1.165) is 0 Å². The summed E-state index contributed by atoms with van der Waals surface area (Å²) in [5.74, 6) is -5.32. The average molecular weight is 282 g/mol. The van der Waals surface area contributed by atoms with Gasteiger partial charge in [-0.15, -0.1) is 0 Å². The smallest absolute Gasteiger partial charge is 0.259 e. The third-order valence-corrected chi connectivity index (χ3v) is 2.55. The van der Waals surface area contributed by atoms with Crippen LogP contribution in [0.5, 0.6) is 5.75 Å². The van der Waals surface area contributed by atoms with Crippen molar-refractivity contribution in [1.29, 1.82) is 0 Å². The number of hydrogen-bond donors (Lipinski definition) is 3. The predicted molar refractivity (Wildman–Crippen MR) is 66.8 cm³/mol. The molecule has 0 aliphatic carbocycles. The molecule has 0 saturated carbocycles. The number of amides is 1. The van der Waals surface area contributed by atoms with Crippen molar-refractivity contribution in [1.82, 2.24) is 0 Å². The molecule has 0 atom stereocenters. The number of nitrogens with two attached hydrogens (primary N) is 1. The number of phenolic OH excluding ortho intramolecular Hbond substituents is 1. The second-order valence-corrected chi connectivity index (χ2v) is 3.95. The average Bonchev–Trinajstić information content (AvgIpc) is 2.38. The number of anilines is 2. The Labute approximate surface area is 111 Å². The van der Waals surface area contributed by atoms with Gasteiger partial charge in [0.25, 0.3) is 5.91 Å². The van der Waals surface area contributed by atoms with Gasteiger partial charge in [-0.2, -0.15) is 0 Å². The summed E-state index contributed by atoms with van der Waals surface area (Å²) in [6.45, 7) is 0. The van der Waals surface area contributed by atoms with Crippen LogP contribution in [0.2, 0.25) is 0 Å². The lowest BCUT2D eigenvalue weighted by atomic mass is 10.1. The van der Waals surface area contributed by atoms with Crippen LogP contribution in [-0.4, -0.2) is 11.0 Å². The quantitative estimate of drug-likeness (QED) is 0.450. The molecule has 104 valence electrons. The Bertz CT molecular complexity index is 690. The van der Waals surface area contributed by atoms with Crippen LogP contribution in [0.15, 0.2) is 30.3 Å². The van der Waals surface area contributed by atoms with Gasteiger partial charge in [-0.1, -0.05) is 6.07 Å². The van der Waals surface area contributed by atoms with Crippen molar-refractivity contribution in [2.75, 3.05) is 11.1 Å². The van der Waals surface area contributed by atoms with E-state index in [1.54, 1.807) is 0 Å². The van der Waals surface area contributed by atoms with Gasteiger partial charge in [-0.3, -0.25) is 4.79 Å². The minimum Gasteiger partial charge on any atom is -0.505 e. The third kappa shape index (κ3) is 2.51. The molecule has 7 heteroatoms. The number of nitrogens with one attached hydrogen (secondary N) is 1. The van der Waals surface area contributed by atoms with Crippen molar-refractivity contribution in [2.45, 2.75) is 0 Å². The van der Waals surface area contributed by atoms with Crippen LogP contribution in [0, 0.1) is 17.5 Å². The van der Waals surface area contributed by atoms with E-state index in [1.165, 1.54) is 18.2 Å². The number of rotatable bonds is 2. The van der Waals surface area contributed by atoms with E-state index < -0.39 is 34.8 Å². The topological polar surface area (TPSA) is 75.4 Å². The zero-order chi connectivity index (χ0) is 14.9. The first-order valence-electron chi connectivity index (χ1n) is 5.43. The Hall–Kier alpha value is -2.70. The number of benzene rings is 2. The minimum atomic E-state index is -1.43. The number of hydrogen-bond acceptors (Lipinski definition) is 3. The molecule has 0 saturated heterocycles. The molecule has 20 heavy (non-hydrogen) atoms. The Balaban J connectivity index is 2.35. The molecule has 1 amide bonds. The van der Waals surface area contributed by atoms with Crippen LogP contribution >= 0.6 is 0 Å². The molecule has 2 aromatic carbocycles. The highest BCUT2D eigenvalue weighted by atomic mass is 19.2. The van der Waals surface area contributed by atoms with Gasteiger partial charge in [0.1, 0.15) is 5.82 Å². The third-order valence-electron chi connectivity index (χ3n) is 2.55. The number of aromatic hydroxyl groups is 1. The van der Waals surface area contributed by atoms with Crippen molar-refractivity contribution < 1.29 is 23.1 Å². The highest BCUT2D eigenvalue weighted by molar-refractivity contribution is 6.07. The van der Waals surface area contributed by atoms with Crippen LogP contribution in [0.25, 0.3) is 0 Å². The summed E-state index contributed by atoms with van der Waals surface area (Å²) < 4.78 is 39.4. The monoisotopic (exact) mass is 282 g/mol. The van der Waals surface area contributed by atoms with Crippen molar-refractivity contribution in [3.63, 3.8) is 0 Å². The first-order valence-corrected chi connectivity index (χ1v) is 5.43. The zero-order valence-corrected chi connectivity index (χ0v) is 9.95. The first-order chi connectivity index (χ1) is 9.40. The van der Waals surface area contributed by atoms with Gasteiger partial charge in [-0.05, 0) is 12.1 Å². The zero-order valence-electron chi connectivity index (χ0n) is 9.95. The SMILES string of the molecule is Nc1cccc(C(=O)Nc2cc(F)cc(F)c2F)c1O. The molecule has 0 aliphatic rings. The predicted octanol–water partition coefficient (Wildman–Crippen LogP) is 2.64. The summed E-state index contributed by atoms with van der Waals surface area (Å²) in [6.07, 6.45) is 0. The van der Waals surface area contributed by atoms with Crippen LogP contribution < -0.4 is 11.1 Å². The molecule has 4 nitrogen and oxygen atoms in total. The Morgan fingerprint density at radius 1 is 1.20 bits per heavy atom. The fourth-order valence-electron chi connectivity index (χ4n) is 1.58. The van der Waals surface area contributed by atoms with E-state index in [9.17, 15) is 23.1 Å². The lowest BCUT2D eigenvalue weighted by Crippen LogP contribution is -2.14. The molecule has 2 rings (SSSR count). The van der Waals surface area contributed by atoms with E-state index in [1.807, 2.05) is 5.32 Å². The largest absolute Gasteiger partial charge is 0.505 e. The second-order valence-electron chi connectivity index (χ2n) is 3.95. The first kappa shape index (κ1) is 13.7. The fourth-order valence-corrected chi connectivity index (χ4v) is 1.58. The maximum absolute atomic E-state index is 13.4. The van der Waals surface area contributed by atoms with Gasteiger partial charge in [0.05, 0.1) is 16.9 Å². The van der Waals surface area contributed by atoms with Crippen molar-refractivity contribution in [3.05, 3.63) is 53.3 Å². The van der Waals surface area contributed by atoms with Crippen molar-refractivity contribution >= 4 is 17.3 Å². The Kier molecular flexibility index (Phi) is 3.51. The van der Waals surface area contributed by atoms with Crippen LogP contribution in [-0.2, 0) is 0 Å². The van der Waals surface area contributed by atoms with Gasteiger partial charge in [-0.25, -0.2) is 13.2 Å². The molecule has 0 unspecified atom stereocenters. The molecule has 0 spiro atoms. The molecule has 0 aliphatic heterocycles. The molecule has 0 radical (unpaired) electrons. The number of halogens is 3. The maximum Gasteiger partial charge on any atom is 0.259 e. The summed E-state index contributed by atoms with van der Waals surface area (Å²) in [7, 11) is 0. The number of phenols is 1. The van der Waals surface area contributed by atoms with Crippen molar-refractivity contribution in [3.8, 4) is 5.75 Å². The molecule has 0 bridgehead atoms. The number of nitrogen functional groups attached to an aromatic ring is 1. The Morgan fingerprint density at radius 2 is 1.90 bits per heavy atom. The van der Waals surface area contributed by atoms with E-state index in [-0.39, 0.29) is 11.3 Å². The molecule has 0 aromatic heterocycles. The molecule has 4 N–H and O–H groups in total. The molecule has 0 fully saturated rings. The van der Waals surface area contributed by atoms with Gasteiger partial charge < -0.3 is 16.2 Å². The van der Waals surface area contributed by atoms with Gasteiger partial charge in [0.2, 0.25) is 0 Å². The van der Waals surface area contributed by atoms with E-state index in [4.69, 9.17) is 5.73 Å². The summed E-state index contributed by atoms with van der Waals surface area (Å²) in [4.78, 5) is 11.8. The van der Waals surface area contributed by atoms with E-state index in [0.29, 0.717) is 12.1 Å². The highest BCUT2D eigenvalue weighted by Gasteiger charge is 2.17. The van der Waals surface area contributed by atoms with Crippen LogP contribution in [0.3, 0.4) is 0 Å². The lowest BCUT2D eigenvalue weighted by Gasteiger charge is -2.09. The molecule has 2 aromatic rings. The highest BCUT2D eigenvalue weighted by Crippen LogP contribution is 2.26. The van der Waals surface area contributed by atoms with Crippen LogP contribution in [0.4, 0.5) is 24.5 Å². The van der Waals surface area contributed by atoms with Gasteiger partial charge in [0.15, 0.2) is 17.4 Å². The van der Waals surface area contributed by atoms with Gasteiger partial charge in [0, 0.05) is 12.1 Å². The number of carbonyl (C=O) groups excluding carboxylic acids is 1. The van der Waals surface area contributed by atoms with E-state index >= 15 is 0 Å². The summed E-state index contributed by atoms with van der Waals surface area (Å²) in [5.41, 5.74) is 4.44. The standard InChI is InChI=1S/C13H9F3N2O2/c14-6-4-8(15)11(16)10(5-6)18-13(20)7-2-1-3-9(17)12(7)19/h1-5,19H,17H2,(H,18,20). The van der Waals surface area contributed by atoms with Gasteiger partial charge >= 0.3 is 0 Å².